The summed E-state index contributed by atoms with van der Waals surface area (Å²) < 4.78 is 15.5. The molecule has 0 aliphatic heterocycles. The highest BCUT2D eigenvalue weighted by molar-refractivity contribution is 14.1. The Morgan fingerprint density at radius 3 is 2.92 bits per heavy atom. The Hall–Kier alpha value is -0.910. The van der Waals surface area contributed by atoms with E-state index in [1.165, 1.54) is 12.1 Å². The molecule has 0 fully saturated rings. The Morgan fingerprint density at radius 1 is 1.38 bits per heavy atom. The first-order valence-corrected chi connectivity index (χ1v) is 4.80. The van der Waals surface area contributed by atoms with Crippen LogP contribution in [0.15, 0.2) is 36.7 Å². The monoisotopic (exact) mass is 288 g/mol. The smallest absolute Gasteiger partial charge is 0.125 e. The maximum absolute atomic E-state index is 12.9. The van der Waals surface area contributed by atoms with E-state index in [2.05, 4.69) is 27.7 Å². The Labute approximate surface area is 88.5 Å². The van der Waals surface area contributed by atoms with Crippen molar-refractivity contribution in [3.8, 4) is 5.69 Å². The number of halogens is 2. The van der Waals surface area contributed by atoms with Crippen LogP contribution in [0, 0.1) is 9.39 Å². The van der Waals surface area contributed by atoms with Gasteiger partial charge in [-0.15, -0.1) is 0 Å². The largest absolute Gasteiger partial charge is 0.240 e. The van der Waals surface area contributed by atoms with E-state index in [4.69, 9.17) is 0 Å². The highest BCUT2D eigenvalue weighted by Gasteiger charge is 2.02. The topological polar surface area (TPSA) is 17.8 Å². The molecule has 1 heterocycles. The molecule has 66 valence electrons. The average Bonchev–Trinajstić information content (AvgIpc) is 2.61. The van der Waals surface area contributed by atoms with Gasteiger partial charge in [0.05, 0.1) is 5.69 Å². The first kappa shape index (κ1) is 8.68. The van der Waals surface area contributed by atoms with Crippen molar-refractivity contribution in [2.24, 2.45) is 0 Å². The van der Waals surface area contributed by atoms with Crippen LogP contribution in [0.3, 0.4) is 0 Å². The number of hydrogen-bond acceptors (Lipinski definition) is 1. The molecule has 0 amide bonds. The second-order valence-corrected chi connectivity index (χ2v) is 3.71. The van der Waals surface area contributed by atoms with Crippen molar-refractivity contribution in [2.45, 2.75) is 0 Å². The van der Waals surface area contributed by atoms with Gasteiger partial charge >= 0.3 is 0 Å². The molecule has 0 N–H and O–H groups in total. The summed E-state index contributed by atoms with van der Waals surface area (Å²) in [6.07, 6.45) is 3.46. The fourth-order valence-corrected chi connectivity index (χ4v) is 1.66. The standard InChI is InChI=1S/C9H6FIN2/c10-7-2-3-8(11)9(6-7)13-5-1-4-12-13/h1-6H. The van der Waals surface area contributed by atoms with E-state index >= 15 is 0 Å². The molecule has 1 aromatic carbocycles. The molecule has 2 rings (SSSR count). The lowest BCUT2D eigenvalue weighted by molar-refractivity contribution is 0.625. The molecule has 2 aromatic rings. The van der Waals surface area contributed by atoms with Gasteiger partial charge in [-0.1, -0.05) is 0 Å². The zero-order valence-corrected chi connectivity index (χ0v) is 8.77. The molecule has 1 aromatic heterocycles. The van der Waals surface area contributed by atoms with E-state index in [-0.39, 0.29) is 5.82 Å². The quantitative estimate of drug-likeness (QED) is 0.738. The summed E-state index contributed by atoms with van der Waals surface area (Å²) in [6, 6.07) is 6.44. The minimum absolute atomic E-state index is 0.245. The van der Waals surface area contributed by atoms with Gasteiger partial charge in [-0.2, -0.15) is 5.10 Å². The summed E-state index contributed by atoms with van der Waals surface area (Å²) in [5.74, 6) is -0.245. The van der Waals surface area contributed by atoms with E-state index in [1.54, 1.807) is 29.2 Å². The molecule has 2 nitrogen and oxygen atoms in total. The molecule has 0 atom stereocenters. The first-order valence-electron chi connectivity index (χ1n) is 3.72. The molecule has 0 saturated carbocycles. The van der Waals surface area contributed by atoms with E-state index in [0.29, 0.717) is 0 Å². The molecule has 0 bridgehead atoms. The van der Waals surface area contributed by atoms with Crippen molar-refractivity contribution >= 4 is 22.6 Å². The van der Waals surface area contributed by atoms with Gasteiger partial charge in [-0.05, 0) is 40.8 Å². The maximum atomic E-state index is 12.9. The normalized spacial score (nSPS) is 10.3. The van der Waals surface area contributed by atoms with Crippen LogP contribution in [0.5, 0.6) is 0 Å². The second kappa shape index (κ2) is 3.45. The SMILES string of the molecule is Fc1ccc(I)c(-n2cccn2)c1. The number of rotatable bonds is 1. The van der Waals surface area contributed by atoms with Gasteiger partial charge in [0, 0.05) is 22.0 Å². The molecular weight excluding hydrogens is 282 g/mol. The van der Waals surface area contributed by atoms with Gasteiger partial charge in [-0.25, -0.2) is 9.07 Å². The van der Waals surface area contributed by atoms with E-state index in [9.17, 15) is 4.39 Å². The van der Waals surface area contributed by atoms with Crippen molar-refractivity contribution in [3.05, 3.63) is 46.0 Å². The molecule has 4 heteroatoms. The average molecular weight is 288 g/mol. The van der Waals surface area contributed by atoms with Crippen molar-refractivity contribution in [1.82, 2.24) is 9.78 Å². The summed E-state index contributed by atoms with van der Waals surface area (Å²) in [6.45, 7) is 0. The zero-order chi connectivity index (χ0) is 9.26. The molecular formula is C9H6FIN2. The third-order valence-corrected chi connectivity index (χ3v) is 2.57. The highest BCUT2D eigenvalue weighted by Crippen LogP contribution is 2.17. The predicted octanol–water partition coefficient (Wildman–Crippen LogP) is 2.62. The van der Waals surface area contributed by atoms with Crippen LogP contribution in [-0.4, -0.2) is 9.78 Å². The second-order valence-electron chi connectivity index (χ2n) is 2.55. The summed E-state index contributed by atoms with van der Waals surface area (Å²) in [7, 11) is 0. The fourth-order valence-electron chi connectivity index (χ4n) is 1.07. The lowest BCUT2D eigenvalue weighted by atomic mass is 10.3. The summed E-state index contributed by atoms with van der Waals surface area (Å²) in [5, 5.41) is 4.03. The van der Waals surface area contributed by atoms with E-state index in [1.807, 2.05) is 0 Å². The van der Waals surface area contributed by atoms with Crippen LogP contribution in [0.25, 0.3) is 5.69 Å². The van der Waals surface area contributed by atoms with Crippen LogP contribution in [0.4, 0.5) is 4.39 Å². The van der Waals surface area contributed by atoms with Crippen LogP contribution >= 0.6 is 22.6 Å². The fraction of sp³-hybridized carbons (Fsp3) is 0. The van der Waals surface area contributed by atoms with Crippen molar-refractivity contribution in [1.29, 1.82) is 0 Å². The van der Waals surface area contributed by atoms with E-state index in [0.717, 1.165) is 9.26 Å². The minimum Gasteiger partial charge on any atom is -0.240 e. The Kier molecular flexibility index (Phi) is 2.30. The molecule has 0 spiro atoms. The van der Waals surface area contributed by atoms with Gasteiger partial charge < -0.3 is 0 Å². The third-order valence-electron chi connectivity index (χ3n) is 1.66. The summed E-state index contributed by atoms with van der Waals surface area (Å²) >= 11 is 2.15. The van der Waals surface area contributed by atoms with Crippen LogP contribution in [-0.2, 0) is 0 Å². The predicted molar refractivity (Wildman–Crippen MR) is 56.2 cm³/mol. The van der Waals surface area contributed by atoms with Crippen LogP contribution < -0.4 is 0 Å². The van der Waals surface area contributed by atoms with Crippen LogP contribution in [0.1, 0.15) is 0 Å². The molecule has 0 unspecified atom stereocenters. The molecule has 13 heavy (non-hydrogen) atoms. The molecule has 0 radical (unpaired) electrons. The van der Waals surface area contributed by atoms with E-state index < -0.39 is 0 Å². The lowest BCUT2D eigenvalue weighted by Crippen LogP contribution is -1.97. The van der Waals surface area contributed by atoms with Crippen molar-refractivity contribution < 1.29 is 4.39 Å². The van der Waals surface area contributed by atoms with Crippen LogP contribution in [0.2, 0.25) is 0 Å². The Morgan fingerprint density at radius 2 is 2.23 bits per heavy atom. The first-order chi connectivity index (χ1) is 6.27. The number of aromatic nitrogens is 2. The van der Waals surface area contributed by atoms with Gasteiger partial charge in [0.25, 0.3) is 0 Å². The number of hydrogen-bond donors (Lipinski definition) is 0. The minimum atomic E-state index is -0.245. The van der Waals surface area contributed by atoms with Gasteiger partial charge in [0.1, 0.15) is 5.82 Å². The summed E-state index contributed by atoms with van der Waals surface area (Å²) in [4.78, 5) is 0. The summed E-state index contributed by atoms with van der Waals surface area (Å²) in [5.41, 5.74) is 0.769. The molecule has 0 saturated heterocycles. The zero-order valence-electron chi connectivity index (χ0n) is 6.61. The Bertz CT molecular complexity index is 412. The van der Waals surface area contributed by atoms with Gasteiger partial charge in [-0.3, -0.25) is 0 Å². The third kappa shape index (κ3) is 1.72. The van der Waals surface area contributed by atoms with Crippen molar-refractivity contribution in [3.63, 3.8) is 0 Å². The Balaban J connectivity index is 2.57. The lowest BCUT2D eigenvalue weighted by Gasteiger charge is -2.03. The molecule has 0 aliphatic carbocycles. The number of nitrogens with zero attached hydrogens (tertiary/aromatic N) is 2. The van der Waals surface area contributed by atoms with Gasteiger partial charge in [0.15, 0.2) is 0 Å². The molecule has 0 aliphatic rings. The van der Waals surface area contributed by atoms with Gasteiger partial charge in [0.2, 0.25) is 0 Å². The van der Waals surface area contributed by atoms with Crippen molar-refractivity contribution in [2.75, 3.05) is 0 Å². The highest BCUT2D eigenvalue weighted by atomic mass is 127. The maximum Gasteiger partial charge on any atom is 0.125 e. The number of benzene rings is 1.